The van der Waals surface area contributed by atoms with Crippen molar-refractivity contribution in [3.8, 4) is 0 Å². The van der Waals surface area contributed by atoms with Gasteiger partial charge in [-0.05, 0) is 33.6 Å². The lowest BCUT2D eigenvalue weighted by molar-refractivity contribution is -0.149. The second-order valence-electron chi connectivity index (χ2n) is 4.51. The Morgan fingerprint density at radius 3 is 2.36 bits per heavy atom. The molecule has 0 bridgehead atoms. The molecule has 3 nitrogen and oxygen atoms in total. The van der Waals surface area contributed by atoms with Gasteiger partial charge in [-0.1, -0.05) is 13.0 Å². The molecule has 3 heteroatoms. The van der Waals surface area contributed by atoms with E-state index in [-0.39, 0.29) is 18.5 Å². The molecule has 0 aromatic carbocycles. The molecular weight excluding hydrogens is 180 g/mol. The Hall–Kier alpha value is -0.830. The van der Waals surface area contributed by atoms with Crippen molar-refractivity contribution in [1.82, 2.24) is 0 Å². The van der Waals surface area contributed by atoms with Gasteiger partial charge in [-0.25, -0.2) is 4.79 Å². The quantitative estimate of drug-likeness (QED) is 0.559. The number of carbonyl (C=O) groups excluding carboxylic acids is 1. The summed E-state index contributed by atoms with van der Waals surface area (Å²) in [5.74, 6) is -0.333. The molecule has 0 saturated heterocycles. The summed E-state index contributed by atoms with van der Waals surface area (Å²) in [5, 5.41) is 8.80. The van der Waals surface area contributed by atoms with E-state index in [1.165, 1.54) is 0 Å². The Kier molecular flexibility index (Phi) is 4.85. The first-order chi connectivity index (χ1) is 6.26. The van der Waals surface area contributed by atoms with Crippen molar-refractivity contribution in [3.05, 3.63) is 11.6 Å². The standard InChI is InChI=1S/C11H20O3/c1-8(7-12)6-9(2)10(13)14-11(3,4)5/h6,8,12H,7H2,1-5H3/b9-6+/t8-/m0/s1. The summed E-state index contributed by atoms with van der Waals surface area (Å²) in [4.78, 5) is 11.4. The summed E-state index contributed by atoms with van der Waals surface area (Å²) >= 11 is 0. The predicted molar refractivity (Wildman–Crippen MR) is 55.9 cm³/mol. The van der Waals surface area contributed by atoms with Crippen LogP contribution in [0.25, 0.3) is 0 Å². The second kappa shape index (κ2) is 5.15. The van der Waals surface area contributed by atoms with Crippen LogP contribution in [0.4, 0.5) is 0 Å². The lowest BCUT2D eigenvalue weighted by Gasteiger charge is -2.19. The average Bonchev–Trinajstić information content (AvgIpc) is 2.00. The highest BCUT2D eigenvalue weighted by Crippen LogP contribution is 2.12. The Balaban J connectivity index is 4.33. The fourth-order valence-electron chi connectivity index (χ4n) is 0.906. The Morgan fingerprint density at radius 2 is 2.00 bits per heavy atom. The van der Waals surface area contributed by atoms with Gasteiger partial charge in [-0.15, -0.1) is 0 Å². The van der Waals surface area contributed by atoms with Crippen LogP contribution < -0.4 is 0 Å². The fourth-order valence-corrected chi connectivity index (χ4v) is 0.906. The first-order valence-electron chi connectivity index (χ1n) is 4.79. The summed E-state index contributed by atoms with van der Waals surface area (Å²) < 4.78 is 5.16. The smallest absolute Gasteiger partial charge is 0.333 e. The van der Waals surface area contributed by atoms with E-state index < -0.39 is 5.60 Å². The number of carbonyl (C=O) groups is 1. The van der Waals surface area contributed by atoms with E-state index in [4.69, 9.17) is 9.84 Å². The minimum Gasteiger partial charge on any atom is -0.457 e. The van der Waals surface area contributed by atoms with Gasteiger partial charge < -0.3 is 9.84 Å². The highest BCUT2D eigenvalue weighted by atomic mass is 16.6. The van der Waals surface area contributed by atoms with Crippen LogP contribution in [0.1, 0.15) is 34.6 Å². The minimum absolute atomic E-state index is 0.0116. The van der Waals surface area contributed by atoms with Gasteiger partial charge in [0.05, 0.1) is 0 Å². The molecule has 0 radical (unpaired) electrons. The van der Waals surface area contributed by atoms with Gasteiger partial charge >= 0.3 is 5.97 Å². The van der Waals surface area contributed by atoms with Gasteiger partial charge in [-0.2, -0.15) is 0 Å². The number of hydrogen-bond acceptors (Lipinski definition) is 3. The largest absolute Gasteiger partial charge is 0.457 e. The molecule has 0 amide bonds. The maximum Gasteiger partial charge on any atom is 0.333 e. The van der Waals surface area contributed by atoms with E-state index in [9.17, 15) is 4.79 Å². The molecule has 0 unspecified atom stereocenters. The normalized spacial score (nSPS) is 15.1. The Morgan fingerprint density at radius 1 is 1.50 bits per heavy atom. The van der Waals surface area contributed by atoms with Gasteiger partial charge in [0, 0.05) is 12.2 Å². The van der Waals surface area contributed by atoms with Crippen molar-refractivity contribution in [2.45, 2.75) is 40.2 Å². The van der Waals surface area contributed by atoms with Gasteiger partial charge in [-0.3, -0.25) is 0 Å². The molecule has 1 atom stereocenters. The van der Waals surface area contributed by atoms with Gasteiger partial charge in [0.25, 0.3) is 0 Å². The van der Waals surface area contributed by atoms with Crippen molar-refractivity contribution < 1.29 is 14.6 Å². The minimum atomic E-state index is -0.464. The molecule has 0 saturated carbocycles. The summed E-state index contributed by atoms with van der Waals surface area (Å²) in [6.45, 7) is 9.06. The van der Waals surface area contributed by atoms with Crippen LogP contribution in [-0.4, -0.2) is 23.3 Å². The predicted octanol–water partition coefficient (Wildman–Crippen LogP) is 1.90. The SMILES string of the molecule is C/C(=C\[C@H](C)CO)C(=O)OC(C)(C)C. The summed E-state index contributed by atoms with van der Waals surface area (Å²) in [6.07, 6.45) is 1.72. The number of hydrogen-bond donors (Lipinski definition) is 1. The third kappa shape index (κ3) is 5.75. The molecule has 14 heavy (non-hydrogen) atoms. The molecule has 0 aliphatic rings. The van der Waals surface area contributed by atoms with E-state index in [0.29, 0.717) is 5.57 Å². The van der Waals surface area contributed by atoms with Crippen LogP contribution in [0.3, 0.4) is 0 Å². The average molecular weight is 200 g/mol. The molecule has 0 aliphatic heterocycles. The van der Waals surface area contributed by atoms with E-state index in [2.05, 4.69) is 0 Å². The van der Waals surface area contributed by atoms with Crippen molar-refractivity contribution in [1.29, 1.82) is 0 Å². The van der Waals surface area contributed by atoms with Crippen molar-refractivity contribution in [2.75, 3.05) is 6.61 Å². The molecule has 82 valence electrons. The number of ether oxygens (including phenoxy) is 1. The van der Waals surface area contributed by atoms with Crippen molar-refractivity contribution >= 4 is 5.97 Å². The zero-order chi connectivity index (χ0) is 11.4. The molecule has 0 aliphatic carbocycles. The molecule has 0 fully saturated rings. The van der Waals surface area contributed by atoms with Crippen LogP contribution in [0.5, 0.6) is 0 Å². The zero-order valence-electron chi connectivity index (χ0n) is 9.63. The topological polar surface area (TPSA) is 46.5 Å². The van der Waals surface area contributed by atoms with Gasteiger partial charge in [0.2, 0.25) is 0 Å². The van der Waals surface area contributed by atoms with Crippen LogP contribution in [0.2, 0.25) is 0 Å². The molecule has 0 rings (SSSR count). The first-order valence-corrected chi connectivity index (χ1v) is 4.79. The Labute approximate surface area is 85.8 Å². The number of rotatable bonds is 3. The van der Waals surface area contributed by atoms with E-state index in [1.54, 1.807) is 13.0 Å². The fraction of sp³-hybridized carbons (Fsp3) is 0.727. The van der Waals surface area contributed by atoms with Crippen LogP contribution in [0.15, 0.2) is 11.6 Å². The molecule has 0 heterocycles. The molecule has 0 spiro atoms. The summed E-state index contributed by atoms with van der Waals surface area (Å²) in [5.41, 5.74) is 0.0794. The third-order valence-corrected chi connectivity index (χ3v) is 1.54. The number of aliphatic hydroxyl groups excluding tert-OH is 1. The molecule has 0 aromatic rings. The van der Waals surface area contributed by atoms with Crippen LogP contribution >= 0.6 is 0 Å². The van der Waals surface area contributed by atoms with Crippen molar-refractivity contribution in [2.24, 2.45) is 5.92 Å². The zero-order valence-corrected chi connectivity index (χ0v) is 9.63. The van der Waals surface area contributed by atoms with Gasteiger partial charge in [0.15, 0.2) is 0 Å². The monoisotopic (exact) mass is 200 g/mol. The molecule has 0 aromatic heterocycles. The third-order valence-electron chi connectivity index (χ3n) is 1.54. The van der Waals surface area contributed by atoms with Crippen LogP contribution in [0, 0.1) is 5.92 Å². The highest BCUT2D eigenvalue weighted by Gasteiger charge is 2.17. The van der Waals surface area contributed by atoms with Crippen LogP contribution in [-0.2, 0) is 9.53 Å². The highest BCUT2D eigenvalue weighted by molar-refractivity contribution is 5.88. The molecular formula is C11H20O3. The van der Waals surface area contributed by atoms with E-state index in [1.807, 2.05) is 27.7 Å². The van der Waals surface area contributed by atoms with E-state index in [0.717, 1.165) is 0 Å². The second-order valence-corrected chi connectivity index (χ2v) is 4.51. The number of aliphatic hydroxyl groups is 1. The number of esters is 1. The lowest BCUT2D eigenvalue weighted by Crippen LogP contribution is -2.24. The first kappa shape index (κ1) is 13.2. The van der Waals surface area contributed by atoms with Gasteiger partial charge in [0.1, 0.15) is 5.60 Å². The maximum absolute atomic E-state index is 11.4. The van der Waals surface area contributed by atoms with Crippen molar-refractivity contribution in [3.63, 3.8) is 0 Å². The summed E-state index contributed by atoms with van der Waals surface area (Å²) in [7, 11) is 0. The molecule has 1 N–H and O–H groups in total. The maximum atomic E-state index is 11.4. The summed E-state index contributed by atoms with van der Waals surface area (Å²) in [6, 6.07) is 0. The van der Waals surface area contributed by atoms with E-state index >= 15 is 0 Å². The lowest BCUT2D eigenvalue weighted by atomic mass is 10.1. The Bertz CT molecular complexity index is 223.